The molecule has 3 aromatic rings. The van der Waals surface area contributed by atoms with Gasteiger partial charge in [-0.3, -0.25) is 14.2 Å². The number of carbonyl (C=O) groups excluding carboxylic acids is 1. The molecule has 154 valence electrons. The molecule has 4 rings (SSSR count). The van der Waals surface area contributed by atoms with Crippen LogP contribution in [0, 0.1) is 11.8 Å². The lowest BCUT2D eigenvalue weighted by Gasteiger charge is -2.34. The molecule has 1 atom stereocenters. The van der Waals surface area contributed by atoms with Gasteiger partial charge in [0, 0.05) is 23.3 Å². The van der Waals surface area contributed by atoms with E-state index >= 15 is 0 Å². The average molecular weight is 421 g/mol. The maximum atomic E-state index is 13.2. The molecule has 30 heavy (non-hydrogen) atoms. The first-order chi connectivity index (χ1) is 14.6. The van der Waals surface area contributed by atoms with Gasteiger partial charge in [0.05, 0.1) is 12.6 Å². The number of aryl methyl sites for hydroxylation is 1. The normalized spacial score (nSPS) is 17.8. The van der Waals surface area contributed by atoms with Gasteiger partial charge in [-0.25, -0.2) is 0 Å². The fourth-order valence-corrected chi connectivity index (χ4v) is 4.35. The summed E-state index contributed by atoms with van der Waals surface area (Å²) in [5.41, 5.74) is 1.86. The van der Waals surface area contributed by atoms with Crippen molar-refractivity contribution in [3.05, 3.63) is 70.9 Å². The van der Waals surface area contributed by atoms with Crippen molar-refractivity contribution in [1.29, 1.82) is 0 Å². The Bertz CT molecular complexity index is 1130. The third-order valence-corrected chi connectivity index (χ3v) is 5.84. The van der Waals surface area contributed by atoms with Gasteiger partial charge >= 0.3 is 0 Å². The molecule has 0 radical (unpaired) electrons. The van der Waals surface area contributed by atoms with Crippen LogP contribution in [-0.4, -0.2) is 22.6 Å². The van der Waals surface area contributed by atoms with E-state index in [0.717, 1.165) is 30.2 Å². The number of unbranched alkanes of at least 4 members (excludes halogenated alkanes) is 1. The fourth-order valence-electron chi connectivity index (χ4n) is 4.19. The first kappa shape index (κ1) is 20.5. The molecule has 4 nitrogen and oxygen atoms in total. The lowest BCUT2D eigenvalue weighted by atomic mass is 10.0. The van der Waals surface area contributed by atoms with E-state index in [0.29, 0.717) is 23.6 Å². The maximum Gasteiger partial charge on any atom is 0.297 e. The number of carbonyl (C=O) groups is 1. The zero-order valence-corrected chi connectivity index (χ0v) is 18.1. The lowest BCUT2D eigenvalue weighted by molar-refractivity contribution is -0.160. The molecule has 0 aliphatic carbocycles. The van der Waals surface area contributed by atoms with Crippen LogP contribution in [0.5, 0.6) is 0 Å². The van der Waals surface area contributed by atoms with Crippen LogP contribution in [0.2, 0.25) is 5.02 Å². The lowest BCUT2D eigenvalue weighted by Crippen LogP contribution is -2.45. The van der Waals surface area contributed by atoms with Crippen molar-refractivity contribution in [3.8, 4) is 11.8 Å². The van der Waals surface area contributed by atoms with Gasteiger partial charge in [-0.1, -0.05) is 67.3 Å². The summed E-state index contributed by atoms with van der Waals surface area (Å²) in [6.07, 6.45) is 4.17. The summed E-state index contributed by atoms with van der Waals surface area (Å²) in [4.78, 5) is 18.8. The molecule has 1 unspecified atom stereocenters. The molecule has 5 heteroatoms. The van der Waals surface area contributed by atoms with Crippen LogP contribution in [0.3, 0.4) is 0 Å². The minimum absolute atomic E-state index is 0.168. The highest BCUT2D eigenvalue weighted by Gasteiger charge is 2.50. The highest BCUT2D eigenvalue weighted by Crippen LogP contribution is 2.41. The van der Waals surface area contributed by atoms with E-state index in [-0.39, 0.29) is 5.91 Å². The predicted molar refractivity (Wildman–Crippen MR) is 120 cm³/mol. The van der Waals surface area contributed by atoms with Crippen LogP contribution < -0.4 is 0 Å². The summed E-state index contributed by atoms with van der Waals surface area (Å²) in [5.74, 6) is 6.61. The first-order valence-electron chi connectivity index (χ1n) is 10.3. The van der Waals surface area contributed by atoms with Crippen LogP contribution in [0.25, 0.3) is 10.9 Å². The molecule has 1 aliphatic rings. The molecule has 1 aliphatic heterocycles. The molecular weight excluding hydrogens is 396 g/mol. The zero-order chi connectivity index (χ0) is 21.1. The van der Waals surface area contributed by atoms with Crippen LogP contribution in [-0.2, 0) is 16.9 Å². The van der Waals surface area contributed by atoms with E-state index in [2.05, 4.69) is 30.9 Å². The van der Waals surface area contributed by atoms with Gasteiger partial charge in [0.1, 0.15) is 5.69 Å². The van der Waals surface area contributed by atoms with Crippen molar-refractivity contribution >= 4 is 28.4 Å². The van der Waals surface area contributed by atoms with Crippen molar-refractivity contribution in [2.24, 2.45) is 0 Å². The van der Waals surface area contributed by atoms with Crippen LogP contribution in [0.1, 0.15) is 48.7 Å². The van der Waals surface area contributed by atoms with E-state index in [9.17, 15) is 4.79 Å². The average Bonchev–Trinajstić information content (AvgIpc) is 3.24. The minimum atomic E-state index is -0.875. The highest BCUT2D eigenvalue weighted by molar-refractivity contribution is 6.31. The molecule has 0 N–H and O–H groups in total. The Morgan fingerprint density at radius 3 is 2.67 bits per heavy atom. The Kier molecular flexibility index (Phi) is 5.85. The van der Waals surface area contributed by atoms with Crippen molar-refractivity contribution in [1.82, 2.24) is 9.63 Å². The summed E-state index contributed by atoms with van der Waals surface area (Å²) in [7, 11) is 1.53. The maximum absolute atomic E-state index is 13.2. The van der Waals surface area contributed by atoms with Crippen LogP contribution in [0.15, 0.2) is 54.6 Å². The van der Waals surface area contributed by atoms with Crippen molar-refractivity contribution in [2.75, 3.05) is 7.11 Å². The Morgan fingerprint density at radius 1 is 1.13 bits per heavy atom. The number of hydroxylamine groups is 2. The number of fused-ring (bicyclic) bond motifs is 3. The summed E-state index contributed by atoms with van der Waals surface area (Å²) in [6.45, 7) is 2.13. The molecule has 0 saturated heterocycles. The van der Waals surface area contributed by atoms with Gasteiger partial charge < -0.3 is 0 Å². The number of aromatic nitrogens is 1. The van der Waals surface area contributed by atoms with Gasteiger partial charge in [-0.05, 0) is 42.5 Å². The minimum Gasteiger partial charge on any atom is -0.300 e. The number of halogens is 1. The van der Waals surface area contributed by atoms with Crippen molar-refractivity contribution in [2.45, 2.75) is 44.7 Å². The van der Waals surface area contributed by atoms with Gasteiger partial charge in [-0.15, -0.1) is 0 Å². The third kappa shape index (κ3) is 3.49. The fraction of sp³-hybridized carbons (Fsp3) is 0.320. The third-order valence-electron chi connectivity index (χ3n) is 5.61. The van der Waals surface area contributed by atoms with E-state index in [4.69, 9.17) is 16.4 Å². The SMILES string of the molecule is CCCCC1(C#CCCc2ccccc2)N(OC)C(=O)c2cc3ccc(Cl)cc3n21. The number of hydrogen-bond acceptors (Lipinski definition) is 2. The second-order valence-corrected chi connectivity index (χ2v) is 7.99. The van der Waals surface area contributed by atoms with Gasteiger partial charge in [0.2, 0.25) is 5.66 Å². The Hall–Kier alpha value is -2.74. The van der Waals surface area contributed by atoms with Gasteiger partial charge in [-0.2, -0.15) is 5.06 Å². The topological polar surface area (TPSA) is 34.5 Å². The smallest absolute Gasteiger partial charge is 0.297 e. The van der Waals surface area contributed by atoms with E-state index < -0.39 is 5.66 Å². The van der Waals surface area contributed by atoms with Crippen molar-refractivity contribution in [3.63, 3.8) is 0 Å². The summed E-state index contributed by atoms with van der Waals surface area (Å²) in [6, 6.07) is 17.9. The Morgan fingerprint density at radius 2 is 1.93 bits per heavy atom. The molecule has 0 spiro atoms. The van der Waals surface area contributed by atoms with E-state index in [1.165, 1.54) is 17.7 Å². The van der Waals surface area contributed by atoms with E-state index in [1.807, 2.05) is 47.0 Å². The molecular formula is C25H25ClN2O2. The molecule has 1 amide bonds. The number of hydrogen-bond donors (Lipinski definition) is 0. The van der Waals surface area contributed by atoms with Crippen LogP contribution >= 0.6 is 11.6 Å². The second kappa shape index (κ2) is 8.55. The molecule has 1 aromatic heterocycles. The number of rotatable bonds is 6. The number of amides is 1. The monoisotopic (exact) mass is 420 g/mol. The first-order valence-corrected chi connectivity index (χ1v) is 10.7. The molecule has 0 fully saturated rings. The zero-order valence-electron chi connectivity index (χ0n) is 17.3. The Labute approximate surface area is 182 Å². The summed E-state index contributed by atoms with van der Waals surface area (Å²) in [5, 5.41) is 3.05. The van der Waals surface area contributed by atoms with E-state index in [1.54, 1.807) is 0 Å². The molecule has 0 bridgehead atoms. The number of nitrogens with zero attached hydrogens (tertiary/aromatic N) is 2. The second-order valence-electron chi connectivity index (χ2n) is 7.56. The van der Waals surface area contributed by atoms with Gasteiger partial charge in [0.25, 0.3) is 5.91 Å². The predicted octanol–water partition coefficient (Wildman–Crippen LogP) is 5.79. The van der Waals surface area contributed by atoms with Crippen molar-refractivity contribution < 1.29 is 9.63 Å². The standard InChI is InChI=1S/C25H25ClN2O2/c1-3-4-15-25(16-9-8-12-19-10-6-5-7-11-19)27-22-18-21(26)14-13-20(22)17-23(27)24(29)28(25)30-2/h5-7,10-11,13-14,17-18H,3-4,8,12,15H2,1-2H3. The van der Waals surface area contributed by atoms with Crippen LogP contribution in [0.4, 0.5) is 0 Å². The quantitative estimate of drug-likeness (QED) is 0.473. The highest BCUT2D eigenvalue weighted by atomic mass is 35.5. The Balaban J connectivity index is 1.79. The molecule has 2 heterocycles. The largest absolute Gasteiger partial charge is 0.300 e. The molecule has 0 saturated carbocycles. The number of benzene rings is 2. The molecule has 2 aromatic carbocycles. The summed E-state index contributed by atoms with van der Waals surface area (Å²) >= 11 is 6.30. The summed E-state index contributed by atoms with van der Waals surface area (Å²) < 4.78 is 2.02. The van der Waals surface area contributed by atoms with Gasteiger partial charge in [0.15, 0.2) is 0 Å².